The third-order valence-electron chi connectivity index (χ3n) is 3.16. The fraction of sp³-hybridized carbons (Fsp3) is 0.538. The lowest BCUT2D eigenvalue weighted by molar-refractivity contribution is 0.458. The number of hydrogen-bond donors (Lipinski definition) is 2. The molecule has 2 rings (SSSR count). The summed E-state index contributed by atoms with van der Waals surface area (Å²) in [5.41, 5.74) is 0.622. The van der Waals surface area contributed by atoms with Crippen molar-refractivity contribution >= 4 is 11.8 Å². The first-order chi connectivity index (χ1) is 8.09. The highest BCUT2D eigenvalue weighted by atomic mass is 32.2. The van der Waals surface area contributed by atoms with Crippen molar-refractivity contribution < 1.29 is 9.50 Å². The van der Waals surface area contributed by atoms with Crippen LogP contribution in [0.3, 0.4) is 0 Å². The number of phenols is 1. The summed E-state index contributed by atoms with van der Waals surface area (Å²) in [7, 11) is 0. The van der Waals surface area contributed by atoms with Crippen LogP contribution >= 0.6 is 11.8 Å². The average molecular weight is 255 g/mol. The maximum absolute atomic E-state index is 13.0. The van der Waals surface area contributed by atoms with Gasteiger partial charge < -0.3 is 10.4 Å². The van der Waals surface area contributed by atoms with E-state index in [1.165, 1.54) is 36.8 Å². The quantitative estimate of drug-likeness (QED) is 0.867. The van der Waals surface area contributed by atoms with E-state index in [1.807, 2.05) is 11.8 Å². The van der Waals surface area contributed by atoms with Crippen LogP contribution in [0.1, 0.15) is 25.3 Å². The molecule has 0 amide bonds. The van der Waals surface area contributed by atoms with Crippen LogP contribution in [0.4, 0.5) is 4.39 Å². The van der Waals surface area contributed by atoms with Gasteiger partial charge in [0.05, 0.1) is 0 Å². The smallest absolute Gasteiger partial charge is 0.123 e. The number of benzene rings is 1. The molecule has 2 nitrogen and oxygen atoms in total. The van der Waals surface area contributed by atoms with Crippen LogP contribution in [0.15, 0.2) is 18.2 Å². The van der Waals surface area contributed by atoms with Crippen LogP contribution in [-0.2, 0) is 6.54 Å². The lowest BCUT2D eigenvalue weighted by Crippen LogP contribution is -2.32. The van der Waals surface area contributed by atoms with E-state index in [2.05, 4.69) is 12.2 Å². The molecular formula is C13H18FNOS. The summed E-state index contributed by atoms with van der Waals surface area (Å²) in [6.07, 6.45) is 2.49. The number of nitrogens with one attached hydrogen (secondary N) is 1. The summed E-state index contributed by atoms with van der Waals surface area (Å²) in [6.45, 7) is 3.66. The molecule has 1 atom stereocenters. The van der Waals surface area contributed by atoms with E-state index in [4.69, 9.17) is 0 Å². The molecule has 2 N–H and O–H groups in total. The fourth-order valence-corrected chi connectivity index (χ4v) is 3.41. The van der Waals surface area contributed by atoms with Crippen molar-refractivity contribution in [2.24, 2.45) is 0 Å². The summed E-state index contributed by atoms with van der Waals surface area (Å²) in [5.74, 6) is 1.08. The largest absolute Gasteiger partial charge is 0.508 e. The molecule has 0 saturated carbocycles. The standard InChI is InChI=1S/C13H18FNOS/c1-13(5-2-6-17-13)9-15-8-10-7-11(14)3-4-12(10)16/h3-4,7,15-16H,2,5-6,8-9H2,1H3. The molecule has 1 aromatic rings. The van der Waals surface area contributed by atoms with Gasteiger partial charge in [0, 0.05) is 23.4 Å². The minimum Gasteiger partial charge on any atom is -0.508 e. The third kappa shape index (κ3) is 3.36. The van der Waals surface area contributed by atoms with Gasteiger partial charge in [0.25, 0.3) is 0 Å². The van der Waals surface area contributed by atoms with Crippen molar-refractivity contribution in [3.63, 3.8) is 0 Å². The van der Waals surface area contributed by atoms with Gasteiger partial charge >= 0.3 is 0 Å². The third-order valence-corrected chi connectivity index (χ3v) is 4.69. The Hall–Kier alpha value is -0.740. The molecular weight excluding hydrogens is 237 g/mol. The molecule has 0 spiro atoms. The van der Waals surface area contributed by atoms with Crippen LogP contribution in [0, 0.1) is 5.82 Å². The maximum atomic E-state index is 13.0. The summed E-state index contributed by atoms with van der Waals surface area (Å²) in [6, 6.07) is 4.05. The molecule has 17 heavy (non-hydrogen) atoms. The van der Waals surface area contributed by atoms with Crippen molar-refractivity contribution in [2.75, 3.05) is 12.3 Å². The molecule has 1 aliphatic rings. The first-order valence-corrected chi connectivity index (χ1v) is 6.90. The van der Waals surface area contributed by atoms with Gasteiger partial charge in [-0.15, -0.1) is 0 Å². The summed E-state index contributed by atoms with van der Waals surface area (Å²) < 4.78 is 13.3. The van der Waals surface area contributed by atoms with Crippen molar-refractivity contribution in [3.05, 3.63) is 29.6 Å². The number of rotatable bonds is 4. The summed E-state index contributed by atoms with van der Waals surface area (Å²) in [4.78, 5) is 0. The van der Waals surface area contributed by atoms with Crippen LogP contribution in [0.2, 0.25) is 0 Å². The Bertz CT molecular complexity index is 391. The first kappa shape index (κ1) is 12.7. The van der Waals surface area contributed by atoms with Gasteiger partial charge in [-0.1, -0.05) is 0 Å². The lowest BCUT2D eigenvalue weighted by atomic mass is 10.1. The second kappa shape index (κ2) is 5.27. The number of thioether (sulfide) groups is 1. The molecule has 0 bridgehead atoms. The maximum Gasteiger partial charge on any atom is 0.123 e. The molecule has 0 aliphatic carbocycles. The minimum atomic E-state index is -0.305. The molecule has 1 saturated heterocycles. The Morgan fingerprint density at radius 2 is 2.35 bits per heavy atom. The molecule has 1 aromatic carbocycles. The van der Waals surface area contributed by atoms with E-state index >= 15 is 0 Å². The van der Waals surface area contributed by atoms with Crippen molar-refractivity contribution in [1.82, 2.24) is 5.32 Å². The molecule has 94 valence electrons. The summed E-state index contributed by atoms with van der Waals surface area (Å²) in [5, 5.41) is 12.9. The number of halogens is 1. The lowest BCUT2D eigenvalue weighted by Gasteiger charge is -2.23. The van der Waals surface area contributed by atoms with Gasteiger partial charge in [-0.3, -0.25) is 0 Å². The van der Waals surface area contributed by atoms with E-state index in [1.54, 1.807) is 0 Å². The van der Waals surface area contributed by atoms with Gasteiger partial charge in [-0.25, -0.2) is 4.39 Å². The van der Waals surface area contributed by atoms with Crippen LogP contribution in [0.5, 0.6) is 5.75 Å². The Balaban J connectivity index is 1.87. The second-order valence-corrected chi connectivity index (χ2v) is 6.46. The Morgan fingerprint density at radius 3 is 3.06 bits per heavy atom. The monoisotopic (exact) mass is 255 g/mol. The zero-order valence-corrected chi connectivity index (χ0v) is 10.8. The molecule has 4 heteroatoms. The average Bonchev–Trinajstić information content (AvgIpc) is 2.71. The highest BCUT2D eigenvalue weighted by Gasteiger charge is 2.28. The van der Waals surface area contributed by atoms with Gasteiger partial charge in [-0.2, -0.15) is 11.8 Å². The van der Waals surface area contributed by atoms with E-state index in [-0.39, 0.29) is 11.6 Å². The first-order valence-electron chi connectivity index (χ1n) is 5.91. The predicted octanol–water partition coefficient (Wildman–Crippen LogP) is 2.91. The van der Waals surface area contributed by atoms with Gasteiger partial charge in [0.15, 0.2) is 0 Å². The van der Waals surface area contributed by atoms with E-state index in [0.29, 0.717) is 16.9 Å². The van der Waals surface area contributed by atoms with Crippen molar-refractivity contribution in [1.29, 1.82) is 0 Å². The van der Waals surface area contributed by atoms with Crippen LogP contribution < -0.4 is 5.32 Å². The van der Waals surface area contributed by atoms with Gasteiger partial charge in [-0.05, 0) is 43.7 Å². The molecule has 0 radical (unpaired) electrons. The Kier molecular flexibility index (Phi) is 3.94. The van der Waals surface area contributed by atoms with Crippen LogP contribution in [-0.4, -0.2) is 22.2 Å². The molecule has 0 aromatic heterocycles. The van der Waals surface area contributed by atoms with E-state index < -0.39 is 0 Å². The van der Waals surface area contributed by atoms with E-state index in [0.717, 1.165) is 6.54 Å². The van der Waals surface area contributed by atoms with Gasteiger partial charge in [0.1, 0.15) is 11.6 Å². The number of aromatic hydroxyl groups is 1. The highest BCUT2D eigenvalue weighted by Crippen LogP contribution is 2.37. The van der Waals surface area contributed by atoms with Gasteiger partial charge in [0.2, 0.25) is 0 Å². The molecule has 1 fully saturated rings. The molecule has 1 aliphatic heterocycles. The molecule has 1 unspecified atom stereocenters. The molecule has 1 heterocycles. The number of phenolic OH excluding ortho intramolecular Hbond substituents is 1. The second-order valence-electron chi connectivity index (χ2n) is 4.78. The Labute approximate surface area is 106 Å². The fourth-order valence-electron chi connectivity index (χ4n) is 2.13. The zero-order valence-electron chi connectivity index (χ0n) is 10.0. The van der Waals surface area contributed by atoms with Crippen molar-refractivity contribution in [3.8, 4) is 5.75 Å². The highest BCUT2D eigenvalue weighted by molar-refractivity contribution is 8.00. The predicted molar refractivity (Wildman–Crippen MR) is 69.9 cm³/mol. The summed E-state index contributed by atoms with van der Waals surface area (Å²) >= 11 is 1.99. The van der Waals surface area contributed by atoms with E-state index in [9.17, 15) is 9.50 Å². The number of hydrogen-bond acceptors (Lipinski definition) is 3. The Morgan fingerprint density at radius 1 is 1.53 bits per heavy atom. The van der Waals surface area contributed by atoms with Crippen molar-refractivity contribution in [2.45, 2.75) is 31.1 Å². The van der Waals surface area contributed by atoms with Crippen LogP contribution in [0.25, 0.3) is 0 Å². The zero-order chi connectivity index (χ0) is 12.3. The SMILES string of the molecule is CC1(CNCc2cc(F)ccc2O)CCCS1. The topological polar surface area (TPSA) is 32.3 Å². The normalized spacial score (nSPS) is 24.1. The minimum absolute atomic E-state index is 0.156.